The maximum atomic E-state index is 5.67. The fourth-order valence-corrected chi connectivity index (χ4v) is 2.55. The molecule has 1 aliphatic rings. The van der Waals surface area contributed by atoms with Crippen LogP contribution in [0.15, 0.2) is 0 Å². The molecule has 0 aromatic heterocycles. The van der Waals surface area contributed by atoms with Gasteiger partial charge in [-0.15, -0.1) is 0 Å². The SMILES string of the molecule is CCNC(CC(C)CC)C1CCOC1C. The van der Waals surface area contributed by atoms with Crippen molar-refractivity contribution in [2.24, 2.45) is 11.8 Å². The van der Waals surface area contributed by atoms with Crippen molar-refractivity contribution < 1.29 is 4.74 Å². The van der Waals surface area contributed by atoms with Crippen molar-refractivity contribution in [3.05, 3.63) is 0 Å². The molecule has 1 fully saturated rings. The molecule has 0 aromatic rings. The molecule has 2 heteroatoms. The molecule has 4 unspecified atom stereocenters. The largest absolute Gasteiger partial charge is 0.378 e. The van der Waals surface area contributed by atoms with E-state index in [9.17, 15) is 0 Å². The summed E-state index contributed by atoms with van der Waals surface area (Å²) in [5.74, 6) is 1.54. The number of hydrogen-bond acceptors (Lipinski definition) is 2. The zero-order valence-corrected chi connectivity index (χ0v) is 10.8. The van der Waals surface area contributed by atoms with Crippen LogP contribution in [0, 0.1) is 11.8 Å². The van der Waals surface area contributed by atoms with Crippen LogP contribution in [0.2, 0.25) is 0 Å². The van der Waals surface area contributed by atoms with Crippen LogP contribution >= 0.6 is 0 Å². The maximum Gasteiger partial charge on any atom is 0.0590 e. The number of ether oxygens (including phenoxy) is 1. The molecule has 90 valence electrons. The minimum absolute atomic E-state index is 0.443. The summed E-state index contributed by atoms with van der Waals surface area (Å²) in [7, 11) is 0. The van der Waals surface area contributed by atoms with Crippen LogP contribution in [0.3, 0.4) is 0 Å². The average Bonchev–Trinajstić information content (AvgIpc) is 2.63. The highest BCUT2D eigenvalue weighted by atomic mass is 16.5. The number of nitrogens with one attached hydrogen (secondary N) is 1. The van der Waals surface area contributed by atoms with Crippen molar-refractivity contribution in [2.45, 2.75) is 59.1 Å². The highest BCUT2D eigenvalue weighted by Gasteiger charge is 2.31. The van der Waals surface area contributed by atoms with Crippen LogP contribution in [-0.4, -0.2) is 25.3 Å². The van der Waals surface area contributed by atoms with E-state index in [1.807, 2.05) is 0 Å². The van der Waals surface area contributed by atoms with E-state index in [1.54, 1.807) is 0 Å². The number of hydrogen-bond donors (Lipinski definition) is 1. The Balaban J connectivity index is 2.48. The fraction of sp³-hybridized carbons (Fsp3) is 1.00. The summed E-state index contributed by atoms with van der Waals surface area (Å²) in [6, 6.07) is 0.655. The monoisotopic (exact) mass is 213 g/mol. The van der Waals surface area contributed by atoms with Gasteiger partial charge in [-0.25, -0.2) is 0 Å². The lowest BCUT2D eigenvalue weighted by molar-refractivity contribution is 0.0923. The Hall–Kier alpha value is -0.0800. The van der Waals surface area contributed by atoms with Gasteiger partial charge in [0.1, 0.15) is 0 Å². The Morgan fingerprint density at radius 1 is 1.40 bits per heavy atom. The van der Waals surface area contributed by atoms with E-state index in [-0.39, 0.29) is 0 Å². The van der Waals surface area contributed by atoms with Gasteiger partial charge in [0.25, 0.3) is 0 Å². The summed E-state index contributed by atoms with van der Waals surface area (Å²) < 4.78 is 5.67. The van der Waals surface area contributed by atoms with Gasteiger partial charge in [0.05, 0.1) is 6.10 Å². The van der Waals surface area contributed by atoms with Crippen molar-refractivity contribution in [1.82, 2.24) is 5.32 Å². The first-order chi connectivity index (χ1) is 7.19. The van der Waals surface area contributed by atoms with E-state index in [2.05, 4.69) is 33.0 Å². The van der Waals surface area contributed by atoms with Crippen molar-refractivity contribution in [3.63, 3.8) is 0 Å². The molecule has 1 N–H and O–H groups in total. The third-order valence-corrected chi connectivity index (χ3v) is 3.77. The van der Waals surface area contributed by atoms with Gasteiger partial charge in [-0.3, -0.25) is 0 Å². The van der Waals surface area contributed by atoms with E-state index in [1.165, 1.54) is 19.3 Å². The van der Waals surface area contributed by atoms with Crippen LogP contribution in [0.25, 0.3) is 0 Å². The average molecular weight is 213 g/mol. The molecule has 1 saturated heterocycles. The van der Waals surface area contributed by atoms with Gasteiger partial charge < -0.3 is 10.1 Å². The summed E-state index contributed by atoms with van der Waals surface area (Å²) >= 11 is 0. The van der Waals surface area contributed by atoms with Crippen molar-refractivity contribution in [1.29, 1.82) is 0 Å². The molecule has 0 amide bonds. The van der Waals surface area contributed by atoms with Crippen LogP contribution in [0.1, 0.15) is 47.0 Å². The maximum absolute atomic E-state index is 5.67. The van der Waals surface area contributed by atoms with Gasteiger partial charge in [0.2, 0.25) is 0 Å². The zero-order valence-electron chi connectivity index (χ0n) is 10.8. The molecular formula is C13H27NO. The lowest BCUT2D eigenvalue weighted by Gasteiger charge is -2.28. The second-order valence-electron chi connectivity index (χ2n) is 4.94. The molecule has 1 heterocycles. The van der Waals surface area contributed by atoms with E-state index >= 15 is 0 Å². The van der Waals surface area contributed by atoms with E-state index in [0.29, 0.717) is 12.1 Å². The highest BCUT2D eigenvalue weighted by molar-refractivity contribution is 4.85. The van der Waals surface area contributed by atoms with E-state index in [4.69, 9.17) is 4.74 Å². The van der Waals surface area contributed by atoms with Crippen LogP contribution in [0.4, 0.5) is 0 Å². The number of rotatable bonds is 6. The molecule has 15 heavy (non-hydrogen) atoms. The molecule has 0 bridgehead atoms. The Morgan fingerprint density at radius 2 is 2.13 bits per heavy atom. The molecule has 0 spiro atoms. The summed E-state index contributed by atoms with van der Waals surface area (Å²) in [5, 5.41) is 3.64. The van der Waals surface area contributed by atoms with E-state index < -0.39 is 0 Å². The third kappa shape index (κ3) is 3.76. The quantitative estimate of drug-likeness (QED) is 0.732. The van der Waals surface area contributed by atoms with Crippen molar-refractivity contribution in [2.75, 3.05) is 13.2 Å². The summed E-state index contributed by atoms with van der Waals surface area (Å²) in [4.78, 5) is 0. The molecule has 1 rings (SSSR count). The second-order valence-corrected chi connectivity index (χ2v) is 4.94. The third-order valence-electron chi connectivity index (χ3n) is 3.77. The van der Waals surface area contributed by atoms with Crippen LogP contribution < -0.4 is 5.32 Å². The van der Waals surface area contributed by atoms with Gasteiger partial charge in [-0.2, -0.15) is 0 Å². The molecule has 4 atom stereocenters. The molecule has 0 aromatic carbocycles. The lowest BCUT2D eigenvalue weighted by atomic mass is 9.86. The Labute approximate surface area is 94.8 Å². The van der Waals surface area contributed by atoms with Crippen molar-refractivity contribution in [3.8, 4) is 0 Å². The predicted molar refractivity (Wildman–Crippen MR) is 65.1 cm³/mol. The molecular weight excluding hydrogens is 186 g/mol. The predicted octanol–water partition coefficient (Wildman–Crippen LogP) is 2.83. The summed E-state index contributed by atoms with van der Waals surface area (Å²) in [6.07, 6.45) is 4.25. The molecule has 0 aliphatic carbocycles. The summed E-state index contributed by atoms with van der Waals surface area (Å²) in [5.41, 5.74) is 0. The first-order valence-corrected chi connectivity index (χ1v) is 6.54. The van der Waals surface area contributed by atoms with Gasteiger partial charge in [0, 0.05) is 18.6 Å². The first-order valence-electron chi connectivity index (χ1n) is 6.54. The molecule has 2 nitrogen and oxygen atoms in total. The minimum atomic E-state index is 0.443. The first kappa shape index (κ1) is 13.0. The molecule has 1 aliphatic heterocycles. The molecule has 0 saturated carbocycles. The normalized spacial score (nSPS) is 30.4. The standard InChI is InChI=1S/C13H27NO/c1-5-10(3)9-13(14-6-2)12-7-8-15-11(12)4/h10-14H,5-9H2,1-4H3. The van der Waals surface area contributed by atoms with Gasteiger partial charge >= 0.3 is 0 Å². The Bertz CT molecular complexity index is 172. The second kappa shape index (κ2) is 6.49. The van der Waals surface area contributed by atoms with Gasteiger partial charge in [-0.1, -0.05) is 27.2 Å². The molecule has 0 radical (unpaired) electrons. The van der Waals surface area contributed by atoms with E-state index in [0.717, 1.165) is 25.0 Å². The van der Waals surface area contributed by atoms with Crippen LogP contribution in [0.5, 0.6) is 0 Å². The Kier molecular flexibility index (Phi) is 5.62. The highest BCUT2D eigenvalue weighted by Crippen LogP contribution is 2.27. The fourth-order valence-electron chi connectivity index (χ4n) is 2.55. The lowest BCUT2D eigenvalue weighted by Crippen LogP contribution is -2.40. The van der Waals surface area contributed by atoms with Gasteiger partial charge in [-0.05, 0) is 32.2 Å². The zero-order chi connectivity index (χ0) is 11.3. The smallest absolute Gasteiger partial charge is 0.0590 e. The van der Waals surface area contributed by atoms with Crippen LogP contribution in [-0.2, 0) is 4.74 Å². The summed E-state index contributed by atoms with van der Waals surface area (Å²) in [6.45, 7) is 11.1. The Morgan fingerprint density at radius 3 is 2.60 bits per heavy atom. The van der Waals surface area contributed by atoms with Gasteiger partial charge in [0.15, 0.2) is 0 Å². The minimum Gasteiger partial charge on any atom is -0.378 e. The topological polar surface area (TPSA) is 21.3 Å². The van der Waals surface area contributed by atoms with Crippen molar-refractivity contribution >= 4 is 0 Å².